The topological polar surface area (TPSA) is 32.3 Å². The fourth-order valence-electron chi connectivity index (χ4n) is 2.63. The lowest BCUT2D eigenvalue weighted by Gasteiger charge is -2.31. The van der Waals surface area contributed by atoms with Crippen molar-refractivity contribution >= 4 is 21.6 Å². The third-order valence-corrected chi connectivity index (χ3v) is 4.41. The highest BCUT2D eigenvalue weighted by Crippen LogP contribution is 2.35. The highest BCUT2D eigenvalue weighted by Gasteiger charge is 2.37. The van der Waals surface area contributed by atoms with Gasteiger partial charge in [0.05, 0.1) is 6.04 Å². The zero-order chi connectivity index (χ0) is 13.5. The van der Waals surface area contributed by atoms with E-state index < -0.39 is 5.60 Å². The second-order valence-corrected chi connectivity index (χ2v) is 6.13. The van der Waals surface area contributed by atoms with Gasteiger partial charge in [-0.3, -0.25) is 0 Å². The summed E-state index contributed by atoms with van der Waals surface area (Å²) in [7, 11) is 0. The summed E-state index contributed by atoms with van der Waals surface area (Å²) in [6.07, 6.45) is 0.846. The first kappa shape index (κ1) is 12.7. The van der Waals surface area contributed by atoms with E-state index in [1.165, 1.54) is 5.56 Å². The van der Waals surface area contributed by atoms with E-state index in [1.807, 2.05) is 43.3 Å². The van der Waals surface area contributed by atoms with E-state index in [2.05, 4.69) is 33.4 Å². The fraction of sp³-hybridized carbons (Fsp3) is 0.250. The summed E-state index contributed by atoms with van der Waals surface area (Å²) >= 11 is 3.42. The number of fused-ring (bicyclic) bond motifs is 1. The summed E-state index contributed by atoms with van der Waals surface area (Å²) < 4.78 is 1.02. The van der Waals surface area contributed by atoms with Crippen molar-refractivity contribution in [2.75, 3.05) is 5.32 Å². The molecule has 1 aliphatic rings. The molecule has 0 saturated carbocycles. The second kappa shape index (κ2) is 4.66. The van der Waals surface area contributed by atoms with E-state index in [4.69, 9.17) is 0 Å². The van der Waals surface area contributed by atoms with Gasteiger partial charge in [0.15, 0.2) is 0 Å². The average molecular weight is 318 g/mol. The van der Waals surface area contributed by atoms with Crippen LogP contribution in [0.3, 0.4) is 0 Å². The highest BCUT2D eigenvalue weighted by atomic mass is 79.9. The number of hydrogen-bond donors (Lipinski definition) is 2. The van der Waals surface area contributed by atoms with Crippen molar-refractivity contribution in [3.05, 3.63) is 64.1 Å². The summed E-state index contributed by atoms with van der Waals surface area (Å²) in [5.74, 6) is 0. The molecule has 0 spiro atoms. The number of halogens is 1. The Bertz CT molecular complexity index is 567. The number of nitrogens with one attached hydrogen (secondary N) is 1. The van der Waals surface area contributed by atoms with Crippen LogP contribution < -0.4 is 5.32 Å². The zero-order valence-corrected chi connectivity index (χ0v) is 12.3. The van der Waals surface area contributed by atoms with Gasteiger partial charge in [-0.2, -0.15) is 0 Å². The fourth-order valence-corrected chi connectivity index (χ4v) is 2.89. The number of para-hydroxylation sites is 1. The maximum absolute atomic E-state index is 10.9. The van der Waals surface area contributed by atoms with Crippen LogP contribution in [0.2, 0.25) is 0 Å². The van der Waals surface area contributed by atoms with Crippen LogP contribution in [0.5, 0.6) is 0 Å². The molecule has 0 amide bonds. The van der Waals surface area contributed by atoms with Crippen molar-refractivity contribution in [3.63, 3.8) is 0 Å². The molecule has 0 fully saturated rings. The molecule has 2 nitrogen and oxygen atoms in total. The first-order valence-electron chi connectivity index (χ1n) is 6.40. The van der Waals surface area contributed by atoms with E-state index in [9.17, 15) is 5.11 Å². The third kappa shape index (κ3) is 2.28. The van der Waals surface area contributed by atoms with Gasteiger partial charge in [-0.1, -0.05) is 46.3 Å². The lowest BCUT2D eigenvalue weighted by Crippen LogP contribution is -2.40. The van der Waals surface area contributed by atoms with Gasteiger partial charge in [-0.05, 0) is 42.7 Å². The number of rotatable bonds is 2. The van der Waals surface area contributed by atoms with Gasteiger partial charge in [0.1, 0.15) is 5.60 Å². The van der Waals surface area contributed by atoms with Gasteiger partial charge in [-0.25, -0.2) is 0 Å². The predicted octanol–water partition coefficient (Wildman–Crippen LogP) is 3.69. The van der Waals surface area contributed by atoms with Crippen molar-refractivity contribution in [2.24, 2.45) is 0 Å². The van der Waals surface area contributed by atoms with Crippen molar-refractivity contribution in [2.45, 2.75) is 25.0 Å². The van der Waals surface area contributed by atoms with Crippen LogP contribution in [0, 0.1) is 0 Å². The number of aliphatic hydroxyl groups is 1. The molecule has 2 aromatic rings. The van der Waals surface area contributed by atoms with Gasteiger partial charge in [0.2, 0.25) is 0 Å². The molecular weight excluding hydrogens is 302 g/mol. The molecule has 0 saturated heterocycles. The molecule has 1 heterocycles. The highest BCUT2D eigenvalue weighted by molar-refractivity contribution is 9.10. The van der Waals surface area contributed by atoms with E-state index >= 15 is 0 Å². The van der Waals surface area contributed by atoms with Crippen molar-refractivity contribution < 1.29 is 5.11 Å². The minimum absolute atomic E-state index is 0.00563. The van der Waals surface area contributed by atoms with Crippen LogP contribution in [0.15, 0.2) is 53.0 Å². The lowest BCUT2D eigenvalue weighted by atomic mass is 9.87. The molecule has 0 aliphatic carbocycles. The second-order valence-electron chi connectivity index (χ2n) is 5.21. The van der Waals surface area contributed by atoms with Crippen LogP contribution in [0.4, 0.5) is 5.69 Å². The van der Waals surface area contributed by atoms with Gasteiger partial charge in [-0.15, -0.1) is 0 Å². The molecule has 2 N–H and O–H groups in total. The van der Waals surface area contributed by atoms with Crippen LogP contribution >= 0.6 is 15.9 Å². The Labute approximate surface area is 121 Å². The maximum Gasteiger partial charge on any atom is 0.107 e. The molecule has 0 bridgehead atoms. The minimum Gasteiger partial charge on any atom is -0.383 e. The number of hydrogen-bond acceptors (Lipinski definition) is 2. The third-order valence-electron chi connectivity index (χ3n) is 3.88. The smallest absolute Gasteiger partial charge is 0.107 e. The average Bonchev–Trinajstić information content (AvgIpc) is 2.83. The van der Waals surface area contributed by atoms with E-state index in [0.29, 0.717) is 0 Å². The monoisotopic (exact) mass is 317 g/mol. The predicted molar refractivity (Wildman–Crippen MR) is 81.3 cm³/mol. The van der Waals surface area contributed by atoms with Crippen molar-refractivity contribution in [1.82, 2.24) is 0 Å². The molecular formula is C16H16BrNO. The molecule has 19 heavy (non-hydrogen) atoms. The van der Waals surface area contributed by atoms with Gasteiger partial charge in [0.25, 0.3) is 0 Å². The van der Waals surface area contributed by atoms with E-state index in [0.717, 1.165) is 22.1 Å². The summed E-state index contributed by atoms with van der Waals surface area (Å²) in [6.45, 7) is 1.87. The van der Waals surface area contributed by atoms with Gasteiger partial charge < -0.3 is 10.4 Å². The summed E-state index contributed by atoms with van der Waals surface area (Å²) in [5, 5.41) is 14.3. The summed E-state index contributed by atoms with van der Waals surface area (Å²) in [6, 6.07) is 16.1. The Morgan fingerprint density at radius 2 is 1.84 bits per heavy atom. The van der Waals surface area contributed by atoms with Crippen LogP contribution in [-0.4, -0.2) is 11.1 Å². The zero-order valence-electron chi connectivity index (χ0n) is 10.7. The van der Waals surface area contributed by atoms with Crippen LogP contribution in [0.25, 0.3) is 0 Å². The van der Waals surface area contributed by atoms with Gasteiger partial charge >= 0.3 is 0 Å². The number of anilines is 1. The lowest BCUT2D eigenvalue weighted by molar-refractivity contribution is 0.0381. The Kier molecular flexibility index (Phi) is 3.11. The Morgan fingerprint density at radius 1 is 1.16 bits per heavy atom. The molecule has 2 unspecified atom stereocenters. The van der Waals surface area contributed by atoms with Crippen molar-refractivity contribution in [3.8, 4) is 0 Å². The van der Waals surface area contributed by atoms with Gasteiger partial charge in [0, 0.05) is 10.2 Å². The molecule has 2 aromatic carbocycles. The molecule has 2 atom stereocenters. The van der Waals surface area contributed by atoms with Crippen LogP contribution in [-0.2, 0) is 12.0 Å². The molecule has 1 aliphatic heterocycles. The van der Waals surface area contributed by atoms with E-state index in [-0.39, 0.29) is 6.04 Å². The molecule has 3 heteroatoms. The summed E-state index contributed by atoms with van der Waals surface area (Å²) in [4.78, 5) is 0. The normalized spacial score (nSPS) is 20.5. The van der Waals surface area contributed by atoms with Crippen LogP contribution in [0.1, 0.15) is 18.1 Å². The van der Waals surface area contributed by atoms with E-state index in [1.54, 1.807) is 0 Å². The first-order chi connectivity index (χ1) is 9.07. The molecule has 0 radical (unpaired) electrons. The Balaban J connectivity index is 1.89. The Morgan fingerprint density at radius 3 is 2.53 bits per heavy atom. The first-order valence-corrected chi connectivity index (χ1v) is 7.19. The maximum atomic E-state index is 10.9. The summed E-state index contributed by atoms with van der Waals surface area (Å²) in [5.41, 5.74) is 2.44. The standard InChI is InChI=1S/C16H16BrNO/c1-16(19,12-6-8-13(17)9-7-12)15-10-11-4-2-3-5-14(11)18-15/h2-9,15,18-19H,10H2,1H3. The number of benzene rings is 2. The quantitative estimate of drug-likeness (QED) is 0.885. The van der Waals surface area contributed by atoms with Crippen molar-refractivity contribution in [1.29, 1.82) is 0 Å². The minimum atomic E-state index is -0.889. The molecule has 98 valence electrons. The Hall–Kier alpha value is -1.32. The SMILES string of the molecule is CC(O)(c1ccc(Br)cc1)C1Cc2ccccc2N1. The molecule has 3 rings (SSSR count). The molecule has 0 aromatic heterocycles. The largest absolute Gasteiger partial charge is 0.383 e.